The third kappa shape index (κ3) is 6.00. The van der Waals surface area contributed by atoms with Crippen molar-refractivity contribution in [3.05, 3.63) is 33.8 Å². The smallest absolute Gasteiger partial charge is 0.226 e. The van der Waals surface area contributed by atoms with E-state index in [4.69, 9.17) is 23.2 Å². The average molecular weight is 326 g/mol. The number of rotatable bonds is 5. The van der Waals surface area contributed by atoms with Crippen LogP contribution >= 0.6 is 35.6 Å². The molecule has 19 heavy (non-hydrogen) atoms. The van der Waals surface area contributed by atoms with Crippen LogP contribution in [-0.2, 0) is 11.3 Å². The Balaban J connectivity index is 0.00000324. The first-order valence-electron chi connectivity index (χ1n) is 5.78. The maximum atomic E-state index is 12.0. The first-order valence-corrected chi connectivity index (χ1v) is 6.54. The van der Waals surface area contributed by atoms with Crippen LogP contribution in [0.1, 0.15) is 12.5 Å². The van der Waals surface area contributed by atoms with E-state index in [0.29, 0.717) is 23.1 Å². The van der Waals surface area contributed by atoms with Gasteiger partial charge in [0.25, 0.3) is 0 Å². The van der Waals surface area contributed by atoms with Gasteiger partial charge in [0.2, 0.25) is 5.91 Å². The predicted molar refractivity (Wildman–Crippen MR) is 83.3 cm³/mol. The number of benzene rings is 1. The second-order valence-corrected chi connectivity index (χ2v) is 5.30. The van der Waals surface area contributed by atoms with Crippen molar-refractivity contribution in [2.24, 2.45) is 5.92 Å². The molecular weight excluding hydrogens is 307 g/mol. The Morgan fingerprint density at radius 2 is 1.84 bits per heavy atom. The summed E-state index contributed by atoms with van der Waals surface area (Å²) >= 11 is 11.9. The summed E-state index contributed by atoms with van der Waals surface area (Å²) in [6, 6.07) is 5.32. The van der Waals surface area contributed by atoms with Crippen molar-refractivity contribution in [1.82, 2.24) is 10.2 Å². The van der Waals surface area contributed by atoms with Crippen LogP contribution in [0.25, 0.3) is 0 Å². The van der Waals surface area contributed by atoms with E-state index in [2.05, 4.69) is 5.32 Å². The molecule has 0 aromatic heterocycles. The molecule has 0 spiro atoms. The molecule has 0 aliphatic rings. The predicted octanol–water partition coefficient (Wildman–Crippen LogP) is 3.23. The van der Waals surface area contributed by atoms with Crippen molar-refractivity contribution in [2.45, 2.75) is 13.5 Å². The van der Waals surface area contributed by atoms with Gasteiger partial charge in [0.1, 0.15) is 0 Å². The van der Waals surface area contributed by atoms with Gasteiger partial charge in [-0.2, -0.15) is 0 Å². The zero-order valence-corrected chi connectivity index (χ0v) is 13.6. The van der Waals surface area contributed by atoms with Gasteiger partial charge in [0.15, 0.2) is 0 Å². The van der Waals surface area contributed by atoms with Gasteiger partial charge in [-0.3, -0.25) is 4.79 Å². The summed E-state index contributed by atoms with van der Waals surface area (Å²) in [5, 5.41) is 4.17. The monoisotopic (exact) mass is 324 g/mol. The van der Waals surface area contributed by atoms with Crippen LogP contribution in [0.15, 0.2) is 18.2 Å². The molecule has 108 valence electrons. The molecule has 1 aromatic carbocycles. The molecule has 6 heteroatoms. The number of carbonyl (C=O) groups is 1. The first-order chi connectivity index (χ1) is 8.43. The Morgan fingerprint density at radius 3 is 2.32 bits per heavy atom. The van der Waals surface area contributed by atoms with E-state index in [1.54, 1.807) is 18.0 Å². The molecule has 1 aromatic rings. The van der Waals surface area contributed by atoms with Crippen LogP contribution in [0.2, 0.25) is 10.0 Å². The van der Waals surface area contributed by atoms with E-state index in [1.807, 2.05) is 26.1 Å². The van der Waals surface area contributed by atoms with Crippen LogP contribution < -0.4 is 5.32 Å². The van der Waals surface area contributed by atoms with Gasteiger partial charge < -0.3 is 10.2 Å². The molecule has 0 saturated carbocycles. The Hall–Kier alpha value is -0.480. The number of halogens is 3. The minimum absolute atomic E-state index is 0. The van der Waals surface area contributed by atoms with E-state index in [0.717, 1.165) is 5.56 Å². The lowest BCUT2D eigenvalue weighted by Crippen LogP contribution is -2.35. The fraction of sp³-hybridized carbons (Fsp3) is 0.462. The summed E-state index contributed by atoms with van der Waals surface area (Å²) in [4.78, 5) is 13.7. The van der Waals surface area contributed by atoms with Crippen molar-refractivity contribution in [1.29, 1.82) is 0 Å². The SMILES string of the molecule is CNCC(C)C(=O)N(C)Cc1cc(Cl)cc(Cl)c1.Cl. The summed E-state index contributed by atoms with van der Waals surface area (Å²) in [6.45, 7) is 3.08. The Kier molecular flexibility index (Phi) is 8.42. The second kappa shape index (κ2) is 8.64. The first kappa shape index (κ1) is 18.5. The highest BCUT2D eigenvalue weighted by Gasteiger charge is 2.16. The maximum absolute atomic E-state index is 12.0. The third-order valence-corrected chi connectivity index (χ3v) is 3.09. The average Bonchev–Trinajstić information content (AvgIpc) is 2.26. The van der Waals surface area contributed by atoms with Gasteiger partial charge in [-0.15, -0.1) is 12.4 Å². The van der Waals surface area contributed by atoms with Crippen molar-refractivity contribution in [3.8, 4) is 0 Å². The lowest BCUT2D eigenvalue weighted by atomic mass is 10.1. The number of nitrogens with zero attached hydrogens (tertiary/aromatic N) is 1. The van der Waals surface area contributed by atoms with Crippen molar-refractivity contribution >= 4 is 41.5 Å². The van der Waals surface area contributed by atoms with Crippen molar-refractivity contribution in [2.75, 3.05) is 20.6 Å². The zero-order valence-electron chi connectivity index (χ0n) is 11.2. The molecule has 1 unspecified atom stereocenters. The molecule has 0 radical (unpaired) electrons. The van der Waals surface area contributed by atoms with E-state index in [9.17, 15) is 4.79 Å². The molecule has 0 saturated heterocycles. The molecule has 1 atom stereocenters. The standard InChI is InChI=1S/C13H18Cl2N2O.ClH/c1-9(7-16-2)13(18)17(3)8-10-4-11(14)6-12(15)5-10;/h4-6,9,16H,7-8H2,1-3H3;1H. The number of amides is 1. The van der Waals surface area contributed by atoms with Crippen LogP contribution in [0.3, 0.4) is 0 Å². The fourth-order valence-electron chi connectivity index (χ4n) is 1.82. The quantitative estimate of drug-likeness (QED) is 0.901. The molecule has 1 amide bonds. The molecule has 0 aliphatic heterocycles. The zero-order chi connectivity index (χ0) is 13.7. The highest BCUT2D eigenvalue weighted by Crippen LogP contribution is 2.20. The van der Waals surface area contributed by atoms with E-state index < -0.39 is 0 Å². The number of hydrogen-bond donors (Lipinski definition) is 1. The minimum Gasteiger partial charge on any atom is -0.341 e. The summed E-state index contributed by atoms with van der Waals surface area (Å²) in [7, 11) is 3.61. The Morgan fingerprint density at radius 1 is 1.32 bits per heavy atom. The van der Waals surface area contributed by atoms with E-state index in [-0.39, 0.29) is 24.2 Å². The maximum Gasteiger partial charge on any atom is 0.226 e. The molecule has 1 N–H and O–H groups in total. The van der Waals surface area contributed by atoms with Crippen LogP contribution in [0, 0.1) is 5.92 Å². The topological polar surface area (TPSA) is 32.3 Å². The highest BCUT2D eigenvalue weighted by molar-refractivity contribution is 6.34. The molecule has 0 fully saturated rings. The van der Waals surface area contributed by atoms with Gasteiger partial charge in [0, 0.05) is 36.1 Å². The summed E-state index contributed by atoms with van der Waals surface area (Å²) in [5.41, 5.74) is 0.931. The second-order valence-electron chi connectivity index (χ2n) is 4.43. The lowest BCUT2D eigenvalue weighted by Gasteiger charge is -2.21. The fourth-order valence-corrected chi connectivity index (χ4v) is 2.39. The molecule has 0 aliphatic carbocycles. The number of carbonyl (C=O) groups excluding carboxylic acids is 1. The van der Waals surface area contributed by atoms with Gasteiger partial charge >= 0.3 is 0 Å². The lowest BCUT2D eigenvalue weighted by molar-refractivity contribution is -0.134. The highest BCUT2D eigenvalue weighted by atomic mass is 35.5. The van der Waals surface area contributed by atoms with Crippen LogP contribution in [0.5, 0.6) is 0 Å². The van der Waals surface area contributed by atoms with Gasteiger partial charge in [-0.25, -0.2) is 0 Å². The minimum atomic E-state index is -0.0466. The summed E-state index contributed by atoms with van der Waals surface area (Å²) in [5.74, 6) is 0.0510. The number of nitrogens with one attached hydrogen (secondary N) is 1. The van der Waals surface area contributed by atoms with Crippen LogP contribution in [0.4, 0.5) is 0 Å². The normalized spacial score (nSPS) is 11.6. The van der Waals surface area contributed by atoms with Crippen molar-refractivity contribution in [3.63, 3.8) is 0 Å². The van der Waals surface area contributed by atoms with Gasteiger partial charge in [-0.05, 0) is 30.8 Å². The summed E-state index contributed by atoms with van der Waals surface area (Å²) < 4.78 is 0. The molecule has 0 heterocycles. The Labute approximate surface area is 130 Å². The molecular formula is C13H19Cl3N2O. The van der Waals surface area contributed by atoms with E-state index >= 15 is 0 Å². The van der Waals surface area contributed by atoms with Gasteiger partial charge in [0.05, 0.1) is 0 Å². The number of hydrogen-bond acceptors (Lipinski definition) is 2. The van der Waals surface area contributed by atoms with Crippen molar-refractivity contribution < 1.29 is 4.79 Å². The van der Waals surface area contributed by atoms with Crippen LogP contribution in [-0.4, -0.2) is 31.4 Å². The summed E-state index contributed by atoms with van der Waals surface area (Å²) in [6.07, 6.45) is 0. The Bertz CT molecular complexity index is 406. The third-order valence-electron chi connectivity index (χ3n) is 2.65. The molecule has 1 rings (SSSR count). The molecule has 3 nitrogen and oxygen atoms in total. The largest absolute Gasteiger partial charge is 0.341 e. The molecule has 0 bridgehead atoms. The van der Waals surface area contributed by atoms with E-state index in [1.165, 1.54) is 0 Å². The van der Waals surface area contributed by atoms with Gasteiger partial charge in [-0.1, -0.05) is 30.1 Å².